The van der Waals surface area contributed by atoms with Gasteiger partial charge in [0.25, 0.3) is 0 Å². The minimum atomic E-state index is -0.598. The Hall–Kier alpha value is -0.650. The van der Waals surface area contributed by atoms with E-state index in [0.29, 0.717) is 26.2 Å². The predicted molar refractivity (Wildman–Crippen MR) is 56.5 cm³/mol. The Kier molecular flexibility index (Phi) is 8.27. The van der Waals surface area contributed by atoms with Crippen molar-refractivity contribution in [2.24, 2.45) is 5.73 Å². The molecule has 0 aromatic carbocycles. The molecule has 0 aromatic rings. The maximum absolute atomic E-state index is 11.1. The number of esters is 1. The summed E-state index contributed by atoms with van der Waals surface area (Å²) in [6.45, 7) is 4.98. The molecule has 0 amide bonds. The van der Waals surface area contributed by atoms with Gasteiger partial charge in [-0.1, -0.05) is 0 Å². The summed E-state index contributed by atoms with van der Waals surface area (Å²) < 4.78 is 15.0. The molecule has 0 aliphatic carbocycles. The Balaban J connectivity index is 3.53. The van der Waals surface area contributed by atoms with Crippen LogP contribution in [0.15, 0.2) is 0 Å². The van der Waals surface area contributed by atoms with Gasteiger partial charge in [0, 0.05) is 13.7 Å². The van der Waals surface area contributed by atoms with Crippen molar-refractivity contribution in [3.05, 3.63) is 0 Å². The first-order valence-corrected chi connectivity index (χ1v) is 5.14. The topological polar surface area (TPSA) is 70.8 Å². The molecule has 0 spiro atoms. The highest BCUT2D eigenvalue weighted by molar-refractivity contribution is 5.75. The SMILES string of the molecule is CCOC(=O)C(N)CCOC(C)COC. The van der Waals surface area contributed by atoms with E-state index in [-0.39, 0.29) is 12.1 Å². The molecule has 0 saturated heterocycles. The molecule has 0 fully saturated rings. The van der Waals surface area contributed by atoms with Crippen LogP contribution in [-0.4, -0.2) is 45.0 Å². The van der Waals surface area contributed by atoms with E-state index in [4.69, 9.17) is 19.9 Å². The molecule has 0 radical (unpaired) electrons. The van der Waals surface area contributed by atoms with E-state index in [0.717, 1.165) is 0 Å². The standard InChI is InChI=1S/C10H21NO4/c1-4-14-10(12)9(11)5-6-15-8(2)7-13-3/h8-9H,4-7,11H2,1-3H3. The first-order chi connectivity index (χ1) is 7.11. The van der Waals surface area contributed by atoms with Crippen molar-refractivity contribution in [2.45, 2.75) is 32.4 Å². The van der Waals surface area contributed by atoms with Crippen LogP contribution in [0, 0.1) is 0 Å². The Morgan fingerprint density at radius 3 is 2.67 bits per heavy atom. The van der Waals surface area contributed by atoms with Gasteiger partial charge in [0.15, 0.2) is 0 Å². The predicted octanol–water partition coefficient (Wildman–Crippen LogP) is 0.318. The van der Waals surface area contributed by atoms with Gasteiger partial charge >= 0.3 is 5.97 Å². The van der Waals surface area contributed by atoms with Crippen molar-refractivity contribution in [2.75, 3.05) is 26.9 Å². The van der Waals surface area contributed by atoms with Crippen molar-refractivity contribution in [3.8, 4) is 0 Å². The number of ether oxygens (including phenoxy) is 3. The maximum Gasteiger partial charge on any atom is 0.322 e. The molecule has 0 heterocycles. The smallest absolute Gasteiger partial charge is 0.322 e. The van der Waals surface area contributed by atoms with Gasteiger partial charge in [-0.05, 0) is 20.3 Å². The van der Waals surface area contributed by atoms with Gasteiger partial charge in [0.2, 0.25) is 0 Å². The third kappa shape index (κ3) is 7.30. The molecule has 0 aliphatic rings. The first kappa shape index (κ1) is 14.3. The largest absolute Gasteiger partial charge is 0.465 e. The van der Waals surface area contributed by atoms with Gasteiger partial charge in [-0.15, -0.1) is 0 Å². The van der Waals surface area contributed by atoms with E-state index in [1.54, 1.807) is 14.0 Å². The molecule has 5 heteroatoms. The van der Waals surface area contributed by atoms with Gasteiger partial charge in [-0.3, -0.25) is 4.79 Å². The third-order valence-corrected chi connectivity index (χ3v) is 1.82. The van der Waals surface area contributed by atoms with Gasteiger partial charge in [-0.2, -0.15) is 0 Å². The lowest BCUT2D eigenvalue weighted by Crippen LogP contribution is -2.34. The Morgan fingerprint density at radius 2 is 2.13 bits per heavy atom. The molecule has 0 rings (SSSR count). The second-order valence-electron chi connectivity index (χ2n) is 3.28. The number of hydrogen-bond donors (Lipinski definition) is 1. The molecule has 2 N–H and O–H groups in total. The third-order valence-electron chi connectivity index (χ3n) is 1.82. The molecule has 0 bridgehead atoms. The van der Waals surface area contributed by atoms with E-state index < -0.39 is 6.04 Å². The van der Waals surface area contributed by atoms with Crippen LogP contribution in [0.3, 0.4) is 0 Å². The Bertz CT molecular complexity index is 175. The highest BCUT2D eigenvalue weighted by Crippen LogP contribution is 1.97. The number of carbonyl (C=O) groups excluding carboxylic acids is 1. The van der Waals surface area contributed by atoms with Crippen LogP contribution in [0.5, 0.6) is 0 Å². The van der Waals surface area contributed by atoms with E-state index in [1.807, 2.05) is 6.92 Å². The Labute approximate surface area is 90.9 Å². The van der Waals surface area contributed by atoms with Crippen LogP contribution in [0.2, 0.25) is 0 Å². The van der Waals surface area contributed by atoms with Crippen LogP contribution in [0.25, 0.3) is 0 Å². The molecule has 2 unspecified atom stereocenters. The molecule has 0 saturated carbocycles. The van der Waals surface area contributed by atoms with E-state index in [2.05, 4.69) is 0 Å². The van der Waals surface area contributed by atoms with Gasteiger partial charge in [-0.25, -0.2) is 0 Å². The number of carbonyl (C=O) groups is 1. The zero-order chi connectivity index (χ0) is 11.7. The average Bonchev–Trinajstić information content (AvgIpc) is 2.18. The van der Waals surface area contributed by atoms with E-state index >= 15 is 0 Å². The van der Waals surface area contributed by atoms with Crippen LogP contribution in [0.4, 0.5) is 0 Å². The van der Waals surface area contributed by atoms with Gasteiger partial charge in [0.05, 0.1) is 19.3 Å². The quantitative estimate of drug-likeness (QED) is 0.595. The summed E-state index contributed by atoms with van der Waals surface area (Å²) in [6.07, 6.45) is 0.483. The van der Waals surface area contributed by atoms with Gasteiger partial charge < -0.3 is 19.9 Å². The molecule has 90 valence electrons. The minimum absolute atomic E-state index is 0.0180. The van der Waals surface area contributed by atoms with Crippen LogP contribution in [-0.2, 0) is 19.0 Å². The summed E-state index contributed by atoms with van der Waals surface area (Å²) >= 11 is 0. The molecular formula is C10H21NO4. The zero-order valence-electron chi connectivity index (χ0n) is 9.69. The average molecular weight is 219 g/mol. The summed E-state index contributed by atoms with van der Waals surface area (Å²) in [6, 6.07) is -0.598. The van der Waals surface area contributed by atoms with E-state index in [1.165, 1.54) is 0 Å². The molecule has 5 nitrogen and oxygen atoms in total. The molecular weight excluding hydrogens is 198 g/mol. The van der Waals surface area contributed by atoms with Crippen molar-refractivity contribution in [3.63, 3.8) is 0 Å². The second kappa shape index (κ2) is 8.64. The zero-order valence-corrected chi connectivity index (χ0v) is 9.69. The van der Waals surface area contributed by atoms with Crippen LogP contribution >= 0.6 is 0 Å². The lowest BCUT2D eigenvalue weighted by molar-refractivity contribution is -0.145. The highest BCUT2D eigenvalue weighted by Gasteiger charge is 2.14. The molecule has 2 atom stereocenters. The normalized spacial score (nSPS) is 14.7. The lowest BCUT2D eigenvalue weighted by Gasteiger charge is -2.14. The second-order valence-corrected chi connectivity index (χ2v) is 3.28. The summed E-state index contributed by atoms with van der Waals surface area (Å²) in [5.74, 6) is -0.375. The van der Waals surface area contributed by atoms with Crippen molar-refractivity contribution < 1.29 is 19.0 Å². The summed E-state index contributed by atoms with van der Waals surface area (Å²) in [5, 5.41) is 0. The number of methoxy groups -OCH3 is 1. The van der Waals surface area contributed by atoms with Crippen molar-refractivity contribution >= 4 is 5.97 Å². The molecule has 0 aliphatic heterocycles. The first-order valence-electron chi connectivity index (χ1n) is 5.14. The van der Waals surface area contributed by atoms with Crippen LogP contribution in [0.1, 0.15) is 20.3 Å². The minimum Gasteiger partial charge on any atom is -0.465 e. The van der Waals surface area contributed by atoms with Gasteiger partial charge in [0.1, 0.15) is 6.04 Å². The Morgan fingerprint density at radius 1 is 1.47 bits per heavy atom. The lowest BCUT2D eigenvalue weighted by atomic mass is 10.2. The summed E-state index contributed by atoms with van der Waals surface area (Å²) in [4.78, 5) is 11.1. The summed E-state index contributed by atoms with van der Waals surface area (Å²) in [7, 11) is 1.62. The van der Waals surface area contributed by atoms with Crippen molar-refractivity contribution in [1.29, 1.82) is 0 Å². The maximum atomic E-state index is 11.1. The number of rotatable bonds is 8. The van der Waals surface area contributed by atoms with Crippen LogP contribution < -0.4 is 5.73 Å². The summed E-state index contributed by atoms with van der Waals surface area (Å²) in [5.41, 5.74) is 5.58. The number of hydrogen-bond acceptors (Lipinski definition) is 5. The highest BCUT2D eigenvalue weighted by atomic mass is 16.5. The molecule has 0 aromatic heterocycles. The fourth-order valence-corrected chi connectivity index (χ4v) is 1.05. The van der Waals surface area contributed by atoms with E-state index in [9.17, 15) is 4.79 Å². The fraction of sp³-hybridized carbons (Fsp3) is 0.900. The van der Waals surface area contributed by atoms with Crippen molar-refractivity contribution in [1.82, 2.24) is 0 Å². The monoisotopic (exact) mass is 219 g/mol. The fourth-order valence-electron chi connectivity index (χ4n) is 1.05. The molecule has 15 heavy (non-hydrogen) atoms. The number of nitrogens with two attached hydrogens (primary N) is 1.